The second kappa shape index (κ2) is 6.56. The van der Waals surface area contributed by atoms with E-state index in [4.69, 9.17) is 0 Å². The van der Waals surface area contributed by atoms with Crippen molar-refractivity contribution in [3.8, 4) is 5.69 Å². The minimum absolute atomic E-state index is 0.620. The van der Waals surface area contributed by atoms with Gasteiger partial charge in [0.2, 0.25) is 0 Å². The van der Waals surface area contributed by atoms with Crippen molar-refractivity contribution in [1.82, 2.24) is 20.3 Å². The van der Waals surface area contributed by atoms with Crippen LogP contribution in [0.4, 0.5) is 0 Å². The molecule has 1 atom stereocenters. The highest BCUT2D eigenvalue weighted by atomic mass is 32.2. The lowest BCUT2D eigenvalue weighted by Gasteiger charge is -2.07. The Morgan fingerprint density at radius 1 is 1.33 bits per heavy atom. The average molecular weight is 262 g/mol. The molecule has 0 fully saturated rings. The molecule has 4 nitrogen and oxygen atoms in total. The van der Waals surface area contributed by atoms with Crippen LogP contribution in [0.2, 0.25) is 0 Å². The molecule has 2 rings (SSSR count). The summed E-state index contributed by atoms with van der Waals surface area (Å²) in [5.74, 6) is 0. The highest BCUT2D eigenvalue weighted by Gasteiger charge is 2.03. The van der Waals surface area contributed by atoms with Crippen molar-refractivity contribution >= 4 is 11.8 Å². The topological polar surface area (TPSA) is 42.7 Å². The van der Waals surface area contributed by atoms with Crippen molar-refractivity contribution in [3.63, 3.8) is 0 Å². The highest BCUT2D eigenvalue weighted by Crippen LogP contribution is 2.05. The van der Waals surface area contributed by atoms with E-state index in [0.717, 1.165) is 24.5 Å². The number of rotatable bonds is 6. The highest BCUT2D eigenvalue weighted by molar-refractivity contribution is 7.99. The lowest BCUT2D eigenvalue weighted by Crippen LogP contribution is -2.22. The molecule has 0 amide bonds. The zero-order valence-electron chi connectivity index (χ0n) is 10.7. The van der Waals surface area contributed by atoms with Gasteiger partial charge in [-0.15, -0.1) is 0 Å². The van der Waals surface area contributed by atoms with Crippen LogP contribution in [0.5, 0.6) is 0 Å². The average Bonchev–Trinajstić information content (AvgIpc) is 2.88. The van der Waals surface area contributed by atoms with Crippen LogP contribution in [0.3, 0.4) is 0 Å². The van der Waals surface area contributed by atoms with Gasteiger partial charge in [0.15, 0.2) is 0 Å². The van der Waals surface area contributed by atoms with E-state index in [1.807, 2.05) is 48.3 Å². The number of hydrogen-bond acceptors (Lipinski definition) is 4. The lowest BCUT2D eigenvalue weighted by atomic mass is 10.3. The fourth-order valence-electron chi connectivity index (χ4n) is 1.55. The van der Waals surface area contributed by atoms with Gasteiger partial charge in [0.05, 0.1) is 17.6 Å². The van der Waals surface area contributed by atoms with E-state index in [1.54, 1.807) is 4.80 Å². The van der Waals surface area contributed by atoms with Gasteiger partial charge in [-0.25, -0.2) is 0 Å². The summed E-state index contributed by atoms with van der Waals surface area (Å²) in [4.78, 5) is 1.66. The van der Waals surface area contributed by atoms with Crippen molar-refractivity contribution < 1.29 is 0 Å². The first kappa shape index (κ1) is 13.1. The summed E-state index contributed by atoms with van der Waals surface area (Å²) in [6.45, 7) is 3.95. The van der Waals surface area contributed by atoms with Crippen molar-refractivity contribution in [2.75, 3.05) is 12.8 Å². The predicted molar refractivity (Wildman–Crippen MR) is 76.0 cm³/mol. The summed E-state index contributed by atoms with van der Waals surface area (Å²) >= 11 is 1.86. The summed E-state index contributed by atoms with van der Waals surface area (Å²) in [6, 6.07) is 9.94. The number of thioether (sulfide) groups is 1. The quantitative estimate of drug-likeness (QED) is 0.866. The van der Waals surface area contributed by atoms with E-state index in [-0.39, 0.29) is 0 Å². The van der Waals surface area contributed by atoms with Crippen LogP contribution in [0.1, 0.15) is 12.6 Å². The van der Waals surface area contributed by atoms with E-state index < -0.39 is 0 Å². The minimum atomic E-state index is 0.620. The van der Waals surface area contributed by atoms with Crippen molar-refractivity contribution in [3.05, 3.63) is 42.2 Å². The molecule has 0 saturated heterocycles. The second-order valence-corrected chi connectivity index (χ2v) is 5.41. The van der Waals surface area contributed by atoms with Gasteiger partial charge < -0.3 is 5.32 Å². The number of para-hydroxylation sites is 1. The monoisotopic (exact) mass is 262 g/mol. The van der Waals surface area contributed by atoms with Gasteiger partial charge >= 0.3 is 0 Å². The molecule has 2 aromatic rings. The number of hydrogen-bond donors (Lipinski definition) is 1. The molecule has 0 aliphatic rings. The Morgan fingerprint density at radius 3 is 2.83 bits per heavy atom. The van der Waals surface area contributed by atoms with Gasteiger partial charge in [-0.2, -0.15) is 26.8 Å². The van der Waals surface area contributed by atoms with Crippen LogP contribution in [0.15, 0.2) is 36.5 Å². The summed E-state index contributed by atoms with van der Waals surface area (Å²) in [6.07, 6.45) is 3.93. The van der Waals surface area contributed by atoms with Crippen LogP contribution in [0, 0.1) is 0 Å². The van der Waals surface area contributed by atoms with Crippen LogP contribution in [-0.4, -0.2) is 33.0 Å². The molecule has 96 valence electrons. The van der Waals surface area contributed by atoms with Gasteiger partial charge in [0.1, 0.15) is 0 Å². The summed E-state index contributed by atoms with van der Waals surface area (Å²) in [5.41, 5.74) is 1.95. The Kier molecular flexibility index (Phi) is 4.78. The molecule has 0 bridgehead atoms. The summed E-state index contributed by atoms with van der Waals surface area (Å²) in [7, 11) is 0. The Labute approximate surface area is 112 Å². The van der Waals surface area contributed by atoms with Crippen LogP contribution < -0.4 is 5.32 Å². The van der Waals surface area contributed by atoms with Crippen molar-refractivity contribution in [2.45, 2.75) is 18.7 Å². The number of aromatic nitrogens is 3. The predicted octanol–water partition coefficient (Wildman–Crippen LogP) is 2.11. The maximum absolute atomic E-state index is 4.44. The molecule has 0 spiro atoms. The van der Waals surface area contributed by atoms with Gasteiger partial charge in [-0.05, 0) is 18.4 Å². The maximum atomic E-state index is 4.44. The summed E-state index contributed by atoms with van der Waals surface area (Å²) < 4.78 is 0. The normalized spacial score (nSPS) is 12.6. The molecule has 0 saturated carbocycles. The molecule has 1 unspecified atom stereocenters. The number of nitrogens with one attached hydrogen (secondary N) is 1. The Bertz CT molecular complexity index is 469. The van der Waals surface area contributed by atoms with Gasteiger partial charge in [0, 0.05) is 18.3 Å². The molecule has 0 aliphatic carbocycles. The fourth-order valence-corrected chi connectivity index (χ4v) is 1.83. The lowest BCUT2D eigenvalue weighted by molar-refractivity contribution is 0.658. The van der Waals surface area contributed by atoms with E-state index >= 15 is 0 Å². The number of nitrogens with zero attached hydrogens (tertiary/aromatic N) is 3. The van der Waals surface area contributed by atoms with Crippen LogP contribution in [-0.2, 0) is 6.54 Å². The first-order valence-electron chi connectivity index (χ1n) is 5.99. The first-order chi connectivity index (χ1) is 8.79. The largest absolute Gasteiger partial charge is 0.310 e. The third-order valence-corrected chi connectivity index (χ3v) is 3.64. The molecule has 1 N–H and O–H groups in total. The molecule has 1 heterocycles. The molecule has 1 aromatic heterocycles. The van der Waals surface area contributed by atoms with Gasteiger partial charge in [-0.3, -0.25) is 0 Å². The molecule has 5 heteroatoms. The van der Waals surface area contributed by atoms with Gasteiger partial charge in [0.25, 0.3) is 0 Å². The Morgan fingerprint density at radius 2 is 2.11 bits per heavy atom. The standard InChI is InChI=1S/C13H18N4S/c1-11(18-2)8-14-9-12-10-15-17(16-12)13-6-4-3-5-7-13/h3-7,10-11,14H,8-9H2,1-2H3. The van der Waals surface area contributed by atoms with E-state index in [0.29, 0.717) is 5.25 Å². The maximum Gasteiger partial charge on any atom is 0.0969 e. The van der Waals surface area contributed by atoms with E-state index in [1.165, 1.54) is 0 Å². The Balaban J connectivity index is 1.91. The van der Waals surface area contributed by atoms with Gasteiger partial charge in [-0.1, -0.05) is 25.1 Å². The third-order valence-electron chi connectivity index (χ3n) is 2.67. The fraction of sp³-hybridized carbons (Fsp3) is 0.385. The third kappa shape index (κ3) is 3.58. The summed E-state index contributed by atoms with van der Waals surface area (Å²) in [5, 5.41) is 12.7. The van der Waals surface area contributed by atoms with E-state index in [9.17, 15) is 0 Å². The van der Waals surface area contributed by atoms with Crippen LogP contribution >= 0.6 is 11.8 Å². The molecular formula is C13H18N4S. The smallest absolute Gasteiger partial charge is 0.0969 e. The second-order valence-electron chi connectivity index (χ2n) is 4.14. The molecule has 18 heavy (non-hydrogen) atoms. The Hall–Kier alpha value is -1.33. The molecular weight excluding hydrogens is 244 g/mol. The molecule has 1 aromatic carbocycles. The SMILES string of the molecule is CSC(C)CNCc1cnn(-c2ccccc2)n1. The van der Waals surface area contributed by atoms with Crippen LogP contribution in [0.25, 0.3) is 5.69 Å². The first-order valence-corrected chi connectivity index (χ1v) is 7.28. The zero-order chi connectivity index (χ0) is 12.8. The van der Waals surface area contributed by atoms with Crippen molar-refractivity contribution in [2.24, 2.45) is 0 Å². The number of benzene rings is 1. The molecule has 0 aliphatic heterocycles. The minimum Gasteiger partial charge on any atom is -0.310 e. The van der Waals surface area contributed by atoms with E-state index in [2.05, 4.69) is 28.7 Å². The van der Waals surface area contributed by atoms with Crippen molar-refractivity contribution in [1.29, 1.82) is 0 Å². The zero-order valence-corrected chi connectivity index (χ0v) is 11.5. The molecule has 0 radical (unpaired) electrons.